The quantitative estimate of drug-likeness (QED) is 0.303. The van der Waals surface area contributed by atoms with Gasteiger partial charge in [0.25, 0.3) is 0 Å². The van der Waals surface area contributed by atoms with Crippen molar-refractivity contribution < 1.29 is 41.1 Å². The van der Waals surface area contributed by atoms with Crippen molar-refractivity contribution in [2.45, 2.75) is 6.54 Å². The average molecular weight is 587 g/mol. The molecule has 0 aliphatic carbocycles. The first-order valence-corrected chi connectivity index (χ1v) is 11.7. The number of carbonyl (C=O) groups excluding carboxylic acids is 3. The number of nitrogens with zero attached hydrogens (tertiary/aromatic N) is 3. The summed E-state index contributed by atoms with van der Waals surface area (Å²) >= 11 is 3.33. The second-order valence-electron chi connectivity index (χ2n) is 8.18. The number of ether oxygens (including phenoxy) is 1. The molecule has 0 bridgehead atoms. The number of halogens is 5. The minimum atomic E-state index is -1.78. The highest BCUT2D eigenvalue weighted by Gasteiger charge is 2.27. The van der Waals surface area contributed by atoms with Crippen molar-refractivity contribution >= 4 is 44.6 Å². The molecule has 1 saturated heterocycles. The summed E-state index contributed by atoms with van der Waals surface area (Å²) in [5, 5.41) is 2.27. The molecule has 3 aromatic rings. The second kappa shape index (κ2) is 11.3. The first-order valence-electron chi connectivity index (χ1n) is 10.9. The van der Waals surface area contributed by atoms with Gasteiger partial charge >= 0.3 is 0 Å². The van der Waals surface area contributed by atoms with Crippen LogP contribution in [0.3, 0.4) is 0 Å². The van der Waals surface area contributed by atoms with Crippen molar-refractivity contribution in [2.75, 3.05) is 39.3 Å². The zero-order valence-corrected chi connectivity index (χ0v) is 20.6. The van der Waals surface area contributed by atoms with Crippen LogP contribution in [0.25, 0.3) is 11.1 Å². The van der Waals surface area contributed by atoms with Gasteiger partial charge in [0.2, 0.25) is 23.4 Å². The van der Waals surface area contributed by atoms with Crippen molar-refractivity contribution in [3.63, 3.8) is 0 Å². The molecule has 9 nitrogen and oxygen atoms in total. The zero-order chi connectivity index (χ0) is 26.7. The first kappa shape index (κ1) is 26.5. The fraction of sp³-hybridized carbons (Fsp3) is 0.304. The predicted octanol–water partition coefficient (Wildman–Crippen LogP) is 2.56. The molecule has 1 aromatic carbocycles. The Morgan fingerprint density at radius 3 is 2.54 bits per heavy atom. The molecule has 1 fully saturated rings. The molecule has 0 spiro atoms. The van der Waals surface area contributed by atoms with Gasteiger partial charge in [-0.05, 0) is 22.0 Å². The van der Waals surface area contributed by atoms with E-state index in [1.807, 2.05) is 4.90 Å². The van der Waals surface area contributed by atoms with Gasteiger partial charge < -0.3 is 19.4 Å². The van der Waals surface area contributed by atoms with Gasteiger partial charge in [-0.15, -0.1) is 0 Å². The third kappa shape index (κ3) is 6.43. The van der Waals surface area contributed by atoms with Crippen molar-refractivity contribution in [3.8, 4) is 5.75 Å². The van der Waals surface area contributed by atoms with Crippen LogP contribution in [0, 0.1) is 23.3 Å². The topological polar surface area (TPSA) is 105 Å². The maximum Gasteiger partial charge on any atom is 0.239 e. The number of carbonyl (C=O) groups is 3. The van der Waals surface area contributed by atoms with E-state index in [0.717, 1.165) is 4.47 Å². The Kier molecular flexibility index (Phi) is 8.07. The minimum absolute atomic E-state index is 0.0101. The Hall–Kier alpha value is -3.52. The fourth-order valence-corrected chi connectivity index (χ4v) is 3.92. The van der Waals surface area contributed by atoms with Gasteiger partial charge in [0, 0.05) is 35.9 Å². The van der Waals surface area contributed by atoms with E-state index < -0.39 is 53.9 Å². The van der Waals surface area contributed by atoms with E-state index in [2.05, 4.69) is 31.0 Å². The smallest absolute Gasteiger partial charge is 0.239 e. The average Bonchev–Trinajstić information content (AvgIpc) is 3.24. The van der Waals surface area contributed by atoms with Crippen LogP contribution < -0.4 is 10.1 Å². The summed E-state index contributed by atoms with van der Waals surface area (Å²) in [6, 6.07) is 3.60. The Bertz CT molecular complexity index is 1340. The van der Waals surface area contributed by atoms with E-state index in [4.69, 9.17) is 4.42 Å². The highest BCUT2D eigenvalue weighted by atomic mass is 79.9. The number of piperazine rings is 1. The summed E-state index contributed by atoms with van der Waals surface area (Å²) in [6.07, 6.45) is 1.65. The molecule has 3 heterocycles. The minimum Gasteiger partial charge on any atom is -0.479 e. The summed E-state index contributed by atoms with van der Waals surface area (Å²) in [6.45, 7) is -0.659. The van der Waals surface area contributed by atoms with Crippen LogP contribution in [0.15, 0.2) is 33.3 Å². The lowest BCUT2D eigenvalue weighted by Gasteiger charge is -2.33. The lowest BCUT2D eigenvalue weighted by atomic mass is 10.2. The molecule has 196 valence electrons. The van der Waals surface area contributed by atoms with Gasteiger partial charge in [-0.2, -0.15) is 8.78 Å². The first-order chi connectivity index (χ1) is 17.6. The summed E-state index contributed by atoms with van der Waals surface area (Å²) in [4.78, 5) is 44.0. The highest BCUT2D eigenvalue weighted by molar-refractivity contribution is 9.10. The molecule has 2 aromatic heterocycles. The van der Waals surface area contributed by atoms with Gasteiger partial charge in [-0.25, -0.2) is 8.78 Å². The van der Waals surface area contributed by atoms with Crippen LogP contribution in [0.2, 0.25) is 0 Å². The van der Waals surface area contributed by atoms with E-state index in [-0.39, 0.29) is 31.6 Å². The van der Waals surface area contributed by atoms with Crippen LogP contribution >= 0.6 is 15.9 Å². The molecule has 0 radical (unpaired) electrons. The summed E-state index contributed by atoms with van der Waals surface area (Å²) in [7, 11) is 0. The van der Waals surface area contributed by atoms with E-state index in [0.29, 0.717) is 29.9 Å². The molecule has 14 heteroatoms. The number of ketones is 1. The molecular weight excluding hydrogens is 568 g/mol. The Labute approximate surface area is 215 Å². The van der Waals surface area contributed by atoms with Crippen LogP contribution in [-0.2, 0) is 20.9 Å². The number of aromatic nitrogens is 1. The van der Waals surface area contributed by atoms with E-state index in [9.17, 15) is 31.9 Å². The maximum absolute atomic E-state index is 13.6. The van der Waals surface area contributed by atoms with Crippen LogP contribution in [0.5, 0.6) is 5.75 Å². The van der Waals surface area contributed by atoms with Gasteiger partial charge in [0.1, 0.15) is 17.9 Å². The number of Topliss-reactive ketones (excluding diaryl/α,β-unsaturated/α-hetero) is 1. The number of nitrogens with one attached hydrogen (secondary N) is 1. The fourth-order valence-electron chi connectivity index (χ4n) is 3.61. The lowest BCUT2D eigenvalue weighted by molar-refractivity contribution is -0.140. The third-order valence-electron chi connectivity index (χ3n) is 5.43. The normalized spacial score (nSPS) is 14.3. The zero-order valence-electron chi connectivity index (χ0n) is 19.0. The molecule has 1 N–H and O–H groups in total. The monoisotopic (exact) mass is 586 g/mol. The van der Waals surface area contributed by atoms with Crippen LogP contribution in [0.4, 0.5) is 17.6 Å². The Balaban J connectivity index is 1.21. The van der Waals surface area contributed by atoms with Gasteiger partial charge in [0.05, 0.1) is 26.2 Å². The van der Waals surface area contributed by atoms with Crippen molar-refractivity contribution in [2.24, 2.45) is 0 Å². The number of furan rings is 1. The molecule has 4 rings (SSSR count). The third-order valence-corrected chi connectivity index (χ3v) is 5.86. The number of hydrogen-bond donors (Lipinski definition) is 1. The SMILES string of the molecule is O=C(CNC(=O)CN1CCN(Cc2cc3ncc(Br)cc3o2)CC1=O)COc1c(F)c(F)cc(F)c1F. The molecule has 1 aliphatic rings. The number of benzene rings is 1. The summed E-state index contributed by atoms with van der Waals surface area (Å²) < 4.78 is 64.7. The molecule has 0 unspecified atom stereocenters. The largest absolute Gasteiger partial charge is 0.479 e. The summed E-state index contributed by atoms with van der Waals surface area (Å²) in [5.41, 5.74) is 1.31. The molecule has 1 aliphatic heterocycles. The van der Waals surface area contributed by atoms with Crippen molar-refractivity contribution in [1.82, 2.24) is 20.1 Å². The predicted molar refractivity (Wildman–Crippen MR) is 123 cm³/mol. The Morgan fingerprint density at radius 2 is 1.84 bits per heavy atom. The van der Waals surface area contributed by atoms with Crippen LogP contribution in [-0.4, -0.2) is 71.7 Å². The molecule has 0 atom stereocenters. The van der Waals surface area contributed by atoms with Gasteiger partial charge in [0.15, 0.2) is 28.8 Å². The molecular formula is C23H19BrF4N4O5. The van der Waals surface area contributed by atoms with Gasteiger partial charge in [-0.3, -0.25) is 24.3 Å². The van der Waals surface area contributed by atoms with Crippen LogP contribution in [0.1, 0.15) is 5.76 Å². The standard InChI is InChI=1S/C23H19BrF4N4O5/c24-12-3-18-17(29-6-12)4-14(37-18)8-31-1-2-32(20(35)10-31)9-19(34)30-7-13(33)11-36-23-21(27)15(25)5-16(26)22(23)28/h3-6H,1-2,7-11H2,(H,30,34). The van der Waals surface area contributed by atoms with Crippen molar-refractivity contribution in [3.05, 3.63) is 57.9 Å². The molecule has 0 saturated carbocycles. The summed E-state index contributed by atoms with van der Waals surface area (Å²) in [5.74, 6) is -9.40. The maximum atomic E-state index is 13.6. The lowest BCUT2D eigenvalue weighted by Crippen LogP contribution is -2.52. The van der Waals surface area contributed by atoms with Crippen molar-refractivity contribution in [1.29, 1.82) is 0 Å². The highest BCUT2D eigenvalue weighted by Crippen LogP contribution is 2.26. The number of rotatable bonds is 9. The Morgan fingerprint density at radius 1 is 1.11 bits per heavy atom. The number of amides is 2. The molecule has 37 heavy (non-hydrogen) atoms. The number of pyridine rings is 1. The number of fused-ring (bicyclic) bond motifs is 1. The van der Waals surface area contributed by atoms with E-state index >= 15 is 0 Å². The molecule has 2 amide bonds. The second-order valence-corrected chi connectivity index (χ2v) is 9.09. The van der Waals surface area contributed by atoms with Gasteiger partial charge in [-0.1, -0.05) is 0 Å². The van der Waals surface area contributed by atoms with E-state index in [1.54, 1.807) is 18.3 Å². The number of hydrogen-bond acceptors (Lipinski definition) is 7. The van der Waals surface area contributed by atoms with E-state index in [1.165, 1.54) is 4.90 Å².